The summed E-state index contributed by atoms with van der Waals surface area (Å²) in [6.45, 7) is 6.07. The summed E-state index contributed by atoms with van der Waals surface area (Å²) in [4.78, 5) is 26.1. The molecule has 1 atom stereocenters. The Bertz CT molecular complexity index is 606. The third-order valence-corrected chi connectivity index (χ3v) is 5.04. The minimum absolute atomic E-state index is 0.00447. The number of rotatable bonds is 5. The lowest BCUT2D eigenvalue weighted by molar-refractivity contribution is -0.125. The number of hydrogen-bond donors (Lipinski definition) is 3. The Balaban J connectivity index is 1.75. The van der Waals surface area contributed by atoms with Crippen molar-refractivity contribution >= 4 is 33.4 Å². The SMILES string of the molecule is CC1(C)CN(CC(=O)NCC(=O)Nc2ccccc2Br)CCC1N. The van der Waals surface area contributed by atoms with Crippen LogP contribution in [0.15, 0.2) is 28.7 Å². The van der Waals surface area contributed by atoms with Crippen molar-refractivity contribution in [1.82, 2.24) is 10.2 Å². The van der Waals surface area contributed by atoms with Crippen molar-refractivity contribution in [2.24, 2.45) is 11.1 Å². The summed E-state index contributed by atoms with van der Waals surface area (Å²) in [7, 11) is 0. The third kappa shape index (κ3) is 5.29. The number of nitrogens with zero attached hydrogens (tertiary/aromatic N) is 1. The van der Waals surface area contributed by atoms with Crippen molar-refractivity contribution in [2.75, 3.05) is 31.5 Å². The van der Waals surface area contributed by atoms with Gasteiger partial charge in [0.25, 0.3) is 0 Å². The maximum Gasteiger partial charge on any atom is 0.243 e. The smallest absolute Gasteiger partial charge is 0.243 e. The quantitative estimate of drug-likeness (QED) is 0.704. The Labute approximate surface area is 151 Å². The summed E-state index contributed by atoms with van der Waals surface area (Å²) in [5, 5.41) is 5.43. The molecular weight excluding hydrogens is 372 g/mol. The van der Waals surface area contributed by atoms with E-state index in [0.29, 0.717) is 12.2 Å². The number of nitrogens with two attached hydrogens (primary N) is 1. The number of anilines is 1. The van der Waals surface area contributed by atoms with Gasteiger partial charge in [-0.15, -0.1) is 0 Å². The van der Waals surface area contributed by atoms with Gasteiger partial charge in [0.15, 0.2) is 0 Å². The van der Waals surface area contributed by atoms with Gasteiger partial charge in [-0.2, -0.15) is 0 Å². The highest BCUT2D eigenvalue weighted by molar-refractivity contribution is 9.10. The Morgan fingerprint density at radius 2 is 2.04 bits per heavy atom. The first-order valence-electron chi connectivity index (χ1n) is 8.07. The lowest BCUT2D eigenvalue weighted by Crippen LogP contribution is -2.54. The van der Waals surface area contributed by atoms with Crippen LogP contribution in [0.3, 0.4) is 0 Å². The van der Waals surface area contributed by atoms with Gasteiger partial charge in [0, 0.05) is 23.6 Å². The van der Waals surface area contributed by atoms with Crippen LogP contribution in [-0.4, -0.2) is 48.9 Å². The Morgan fingerprint density at radius 1 is 1.33 bits per heavy atom. The normalized spacial score (nSPS) is 20.4. The van der Waals surface area contributed by atoms with E-state index in [0.717, 1.165) is 24.0 Å². The first kappa shape index (κ1) is 18.9. The van der Waals surface area contributed by atoms with Gasteiger partial charge in [0.2, 0.25) is 11.8 Å². The molecule has 1 aromatic carbocycles. The van der Waals surface area contributed by atoms with Gasteiger partial charge < -0.3 is 16.4 Å². The van der Waals surface area contributed by atoms with Crippen LogP contribution in [0.2, 0.25) is 0 Å². The van der Waals surface area contributed by atoms with Crippen LogP contribution in [-0.2, 0) is 9.59 Å². The standard InChI is InChI=1S/C17H25BrN4O2/c1-17(2)11-22(8-7-14(17)19)10-16(24)20-9-15(23)21-13-6-4-3-5-12(13)18/h3-6,14H,7-11,19H2,1-2H3,(H,20,24)(H,21,23). The second-order valence-corrected chi connectivity index (χ2v) is 7.75. The Morgan fingerprint density at radius 3 is 2.71 bits per heavy atom. The number of benzene rings is 1. The molecule has 1 saturated heterocycles. The topological polar surface area (TPSA) is 87.5 Å². The van der Waals surface area contributed by atoms with E-state index >= 15 is 0 Å². The van der Waals surface area contributed by atoms with E-state index in [2.05, 4.69) is 45.3 Å². The molecule has 1 heterocycles. The fraction of sp³-hybridized carbons (Fsp3) is 0.529. The van der Waals surface area contributed by atoms with Crippen LogP contribution >= 0.6 is 15.9 Å². The molecule has 1 aromatic rings. The molecule has 6 nitrogen and oxygen atoms in total. The molecule has 7 heteroatoms. The van der Waals surface area contributed by atoms with Crippen LogP contribution < -0.4 is 16.4 Å². The first-order valence-corrected chi connectivity index (χ1v) is 8.86. The van der Waals surface area contributed by atoms with Gasteiger partial charge >= 0.3 is 0 Å². The van der Waals surface area contributed by atoms with Crippen LogP contribution in [0.1, 0.15) is 20.3 Å². The number of piperidine rings is 1. The van der Waals surface area contributed by atoms with Gasteiger partial charge in [-0.1, -0.05) is 26.0 Å². The van der Waals surface area contributed by atoms with Crippen molar-refractivity contribution in [3.05, 3.63) is 28.7 Å². The van der Waals surface area contributed by atoms with Gasteiger partial charge in [0.05, 0.1) is 18.8 Å². The molecule has 1 aliphatic heterocycles. The number of hydrogen-bond acceptors (Lipinski definition) is 4. The van der Waals surface area contributed by atoms with Crippen molar-refractivity contribution < 1.29 is 9.59 Å². The summed E-state index contributed by atoms with van der Waals surface area (Å²) >= 11 is 3.37. The summed E-state index contributed by atoms with van der Waals surface area (Å²) < 4.78 is 0.802. The van der Waals surface area contributed by atoms with E-state index in [9.17, 15) is 9.59 Å². The zero-order valence-corrected chi connectivity index (χ0v) is 15.7. The molecule has 0 aliphatic carbocycles. The molecule has 132 valence electrons. The highest BCUT2D eigenvalue weighted by Crippen LogP contribution is 2.27. The lowest BCUT2D eigenvalue weighted by Gasteiger charge is -2.42. The second kappa shape index (κ2) is 8.09. The van der Waals surface area contributed by atoms with Crippen LogP contribution in [0, 0.1) is 5.41 Å². The molecule has 1 unspecified atom stereocenters. The van der Waals surface area contributed by atoms with Crippen molar-refractivity contribution in [3.63, 3.8) is 0 Å². The minimum atomic E-state index is -0.253. The van der Waals surface area contributed by atoms with Gasteiger partial charge in [0.1, 0.15) is 0 Å². The minimum Gasteiger partial charge on any atom is -0.346 e. The fourth-order valence-electron chi connectivity index (χ4n) is 2.81. The molecule has 0 aromatic heterocycles. The lowest BCUT2D eigenvalue weighted by atomic mass is 9.80. The maximum atomic E-state index is 12.1. The average molecular weight is 397 g/mol. The van der Waals surface area contributed by atoms with Gasteiger partial charge in [-0.3, -0.25) is 14.5 Å². The predicted octanol–water partition coefficient (Wildman–Crippen LogP) is 1.56. The number of amides is 2. The summed E-state index contributed by atoms with van der Waals surface area (Å²) in [5.41, 5.74) is 6.78. The van der Waals surface area contributed by atoms with Crippen LogP contribution in [0.5, 0.6) is 0 Å². The van der Waals surface area contributed by atoms with Crippen molar-refractivity contribution in [1.29, 1.82) is 0 Å². The molecule has 2 amide bonds. The summed E-state index contributed by atoms with van der Waals surface area (Å²) in [6, 6.07) is 7.50. The number of halogens is 1. The van der Waals surface area contributed by atoms with Crippen molar-refractivity contribution in [2.45, 2.75) is 26.3 Å². The summed E-state index contributed by atoms with van der Waals surface area (Å²) in [5.74, 6) is -0.403. The first-order chi connectivity index (χ1) is 11.3. The fourth-order valence-corrected chi connectivity index (χ4v) is 3.20. The molecule has 2 rings (SSSR count). The van der Waals surface area contributed by atoms with E-state index < -0.39 is 0 Å². The van der Waals surface area contributed by atoms with E-state index in [4.69, 9.17) is 5.73 Å². The molecule has 1 fully saturated rings. The number of likely N-dealkylation sites (tertiary alicyclic amines) is 1. The molecule has 1 aliphatic rings. The molecule has 4 N–H and O–H groups in total. The van der Waals surface area contributed by atoms with E-state index in [-0.39, 0.29) is 29.8 Å². The van der Waals surface area contributed by atoms with Gasteiger partial charge in [-0.05, 0) is 39.9 Å². The Hall–Kier alpha value is -1.44. The third-order valence-electron chi connectivity index (χ3n) is 4.35. The zero-order valence-electron chi connectivity index (χ0n) is 14.1. The van der Waals surface area contributed by atoms with E-state index in [1.54, 1.807) is 6.07 Å². The number of carbonyl (C=O) groups is 2. The highest BCUT2D eigenvalue weighted by atomic mass is 79.9. The summed E-state index contributed by atoms with van der Waals surface area (Å²) in [6.07, 6.45) is 0.878. The second-order valence-electron chi connectivity index (χ2n) is 6.90. The van der Waals surface area contributed by atoms with E-state index in [1.807, 2.05) is 18.2 Å². The maximum absolute atomic E-state index is 12.1. The molecular formula is C17H25BrN4O2. The number of carbonyl (C=O) groups excluding carboxylic acids is 2. The average Bonchev–Trinajstić information content (AvgIpc) is 2.51. The van der Waals surface area contributed by atoms with Gasteiger partial charge in [-0.25, -0.2) is 0 Å². The van der Waals surface area contributed by atoms with Crippen molar-refractivity contribution in [3.8, 4) is 0 Å². The van der Waals surface area contributed by atoms with Crippen LogP contribution in [0.4, 0.5) is 5.69 Å². The molecule has 0 bridgehead atoms. The molecule has 0 radical (unpaired) electrons. The monoisotopic (exact) mass is 396 g/mol. The predicted molar refractivity (Wildman–Crippen MR) is 98.6 cm³/mol. The largest absolute Gasteiger partial charge is 0.346 e. The Kier molecular flexibility index (Phi) is 6.37. The number of para-hydroxylation sites is 1. The molecule has 24 heavy (non-hydrogen) atoms. The van der Waals surface area contributed by atoms with Crippen LogP contribution in [0.25, 0.3) is 0 Å². The number of nitrogens with one attached hydrogen (secondary N) is 2. The molecule has 0 saturated carbocycles. The molecule has 0 spiro atoms. The van der Waals surface area contributed by atoms with E-state index in [1.165, 1.54) is 0 Å². The highest BCUT2D eigenvalue weighted by Gasteiger charge is 2.33. The zero-order chi connectivity index (χ0) is 17.7.